The van der Waals surface area contributed by atoms with Crippen LogP contribution in [-0.2, 0) is 0 Å². The highest BCUT2D eigenvalue weighted by molar-refractivity contribution is 5.65. The van der Waals surface area contributed by atoms with E-state index in [1.165, 1.54) is 4.52 Å². The van der Waals surface area contributed by atoms with Crippen molar-refractivity contribution in [2.75, 3.05) is 6.61 Å². The van der Waals surface area contributed by atoms with Crippen molar-refractivity contribution in [1.82, 2.24) is 24.6 Å². The van der Waals surface area contributed by atoms with Crippen molar-refractivity contribution in [2.24, 2.45) is 10.2 Å². The number of rotatable bonds is 5. The molecular weight excluding hydrogens is 386 g/mol. The lowest BCUT2D eigenvalue weighted by Crippen LogP contribution is -2.12. The topological polar surface area (TPSA) is 160 Å². The summed E-state index contributed by atoms with van der Waals surface area (Å²) in [5.74, 6) is 0.0187. The molecule has 0 aliphatic rings. The van der Waals surface area contributed by atoms with Crippen LogP contribution in [-0.4, -0.2) is 31.2 Å². The maximum atomic E-state index is 12.6. The first-order chi connectivity index (χ1) is 14.6. The molecule has 0 aliphatic carbocycles. The number of imidazole rings is 1. The minimum absolute atomic E-state index is 0.0413. The molecule has 146 valence electrons. The fourth-order valence-corrected chi connectivity index (χ4v) is 2.77. The average molecular weight is 399 g/mol. The molecule has 4 aromatic rings. The summed E-state index contributed by atoms with van der Waals surface area (Å²) < 4.78 is 7.07. The number of fused-ring (bicyclic) bond motifs is 1. The molecule has 11 heteroatoms. The number of azo groups is 1. The van der Waals surface area contributed by atoms with Crippen LogP contribution in [0.25, 0.3) is 16.9 Å². The van der Waals surface area contributed by atoms with Crippen LogP contribution in [0.4, 0.5) is 11.6 Å². The van der Waals surface area contributed by atoms with Gasteiger partial charge in [0.15, 0.2) is 11.4 Å². The largest absolute Gasteiger partial charge is 0.476 e. The maximum absolute atomic E-state index is 12.6. The van der Waals surface area contributed by atoms with E-state index < -0.39 is 5.56 Å². The predicted molar refractivity (Wildman–Crippen MR) is 105 cm³/mol. The van der Waals surface area contributed by atoms with E-state index in [9.17, 15) is 4.79 Å². The van der Waals surface area contributed by atoms with E-state index in [1.54, 1.807) is 25.1 Å². The van der Waals surface area contributed by atoms with E-state index >= 15 is 0 Å². The quantitative estimate of drug-likeness (QED) is 0.490. The van der Waals surface area contributed by atoms with Gasteiger partial charge in [-0.15, -0.1) is 10.2 Å². The molecule has 3 heterocycles. The monoisotopic (exact) mass is 399 g/mol. The van der Waals surface area contributed by atoms with Gasteiger partial charge in [0.05, 0.1) is 12.3 Å². The van der Waals surface area contributed by atoms with Gasteiger partial charge in [-0.3, -0.25) is 4.79 Å². The molecule has 0 saturated carbocycles. The molecule has 4 rings (SSSR count). The molecule has 11 nitrogen and oxygen atoms in total. The zero-order valence-corrected chi connectivity index (χ0v) is 15.6. The highest BCUT2D eigenvalue weighted by atomic mass is 16.5. The van der Waals surface area contributed by atoms with E-state index in [4.69, 9.17) is 15.3 Å². The van der Waals surface area contributed by atoms with Gasteiger partial charge in [0, 0.05) is 11.6 Å². The molecule has 0 radical (unpaired) electrons. The second-order valence-electron chi connectivity index (χ2n) is 5.94. The molecule has 0 bridgehead atoms. The molecule has 0 spiro atoms. The first kappa shape index (κ1) is 18.6. The number of nitriles is 2. The SMILES string of the molecule is CCOc1c(/N=N/c2nc(C#N)c(C#N)[nH]2)c(=O)[nH]c2cc(-c3ccccc3)nn12. The highest BCUT2D eigenvalue weighted by Crippen LogP contribution is 2.28. The fourth-order valence-electron chi connectivity index (χ4n) is 2.77. The molecule has 2 N–H and O–H groups in total. The van der Waals surface area contributed by atoms with Crippen LogP contribution in [0.2, 0.25) is 0 Å². The Morgan fingerprint density at radius 1 is 1.17 bits per heavy atom. The van der Waals surface area contributed by atoms with E-state index in [0.29, 0.717) is 11.3 Å². The number of nitrogens with zero attached hydrogens (tertiary/aromatic N) is 7. The van der Waals surface area contributed by atoms with Crippen molar-refractivity contribution in [3.63, 3.8) is 0 Å². The number of hydrogen-bond donors (Lipinski definition) is 2. The Labute approximate surface area is 168 Å². The summed E-state index contributed by atoms with van der Waals surface area (Å²) in [6, 6.07) is 14.8. The molecule has 3 aromatic heterocycles. The lowest BCUT2D eigenvalue weighted by molar-refractivity contribution is 0.318. The van der Waals surface area contributed by atoms with Gasteiger partial charge >= 0.3 is 0 Å². The minimum Gasteiger partial charge on any atom is -0.476 e. The van der Waals surface area contributed by atoms with Crippen molar-refractivity contribution in [2.45, 2.75) is 6.92 Å². The summed E-state index contributed by atoms with van der Waals surface area (Å²) in [4.78, 5) is 21.7. The molecule has 0 amide bonds. The van der Waals surface area contributed by atoms with Crippen molar-refractivity contribution in [3.05, 3.63) is 58.1 Å². The van der Waals surface area contributed by atoms with Crippen molar-refractivity contribution < 1.29 is 4.74 Å². The zero-order chi connectivity index (χ0) is 21.1. The summed E-state index contributed by atoms with van der Waals surface area (Å²) in [6.07, 6.45) is 0. The highest BCUT2D eigenvalue weighted by Gasteiger charge is 2.17. The summed E-state index contributed by atoms with van der Waals surface area (Å²) in [5, 5.41) is 30.3. The van der Waals surface area contributed by atoms with Crippen LogP contribution < -0.4 is 10.3 Å². The zero-order valence-electron chi connectivity index (χ0n) is 15.6. The third-order valence-corrected chi connectivity index (χ3v) is 4.07. The smallest absolute Gasteiger partial charge is 0.283 e. The summed E-state index contributed by atoms with van der Waals surface area (Å²) in [5.41, 5.74) is 1.13. The Kier molecular flexibility index (Phi) is 4.77. The van der Waals surface area contributed by atoms with Crippen LogP contribution in [0.5, 0.6) is 5.88 Å². The van der Waals surface area contributed by atoms with Gasteiger partial charge in [0.1, 0.15) is 17.8 Å². The number of ether oxygens (including phenoxy) is 1. The number of aromatic nitrogens is 5. The Morgan fingerprint density at radius 3 is 2.63 bits per heavy atom. The molecule has 0 atom stereocenters. The van der Waals surface area contributed by atoms with Crippen molar-refractivity contribution in [1.29, 1.82) is 10.5 Å². The summed E-state index contributed by atoms with van der Waals surface area (Å²) in [7, 11) is 0. The molecule has 1 aromatic carbocycles. The molecular formula is C19H13N9O2. The van der Waals surface area contributed by atoms with Gasteiger partial charge in [-0.1, -0.05) is 30.3 Å². The first-order valence-electron chi connectivity index (χ1n) is 8.80. The second-order valence-corrected chi connectivity index (χ2v) is 5.94. The number of hydrogen-bond acceptors (Lipinski definition) is 8. The third-order valence-electron chi connectivity index (χ3n) is 4.07. The van der Waals surface area contributed by atoms with Gasteiger partial charge in [-0.2, -0.15) is 25.1 Å². The van der Waals surface area contributed by atoms with Gasteiger partial charge in [0.25, 0.3) is 11.4 Å². The van der Waals surface area contributed by atoms with E-state index in [-0.39, 0.29) is 35.5 Å². The molecule has 0 aliphatic heterocycles. The van der Waals surface area contributed by atoms with Gasteiger partial charge < -0.3 is 14.7 Å². The standard InChI is InChI=1S/C19H13N9O2/c1-2-30-18-16(25-26-19-22-13(9-20)14(10-21)23-19)17(29)24-15-8-12(27-28(15)18)11-6-4-3-5-7-11/h3-8H,2H2,1H3,(H,22,23)(H,24,29)/b26-25+. The van der Waals surface area contributed by atoms with Crippen LogP contribution in [0, 0.1) is 22.7 Å². The number of H-pyrrole nitrogens is 2. The normalized spacial score (nSPS) is 10.9. The fraction of sp³-hybridized carbons (Fsp3) is 0.105. The van der Waals surface area contributed by atoms with E-state index in [0.717, 1.165) is 5.56 Å². The van der Waals surface area contributed by atoms with Gasteiger partial charge in [-0.25, -0.2) is 0 Å². The minimum atomic E-state index is -0.540. The number of benzene rings is 1. The summed E-state index contributed by atoms with van der Waals surface area (Å²) >= 11 is 0. The molecule has 0 unspecified atom stereocenters. The molecule has 30 heavy (non-hydrogen) atoms. The van der Waals surface area contributed by atoms with Gasteiger partial charge in [-0.05, 0) is 6.92 Å². The Balaban J connectivity index is 1.83. The van der Waals surface area contributed by atoms with E-state index in [1.807, 2.05) is 30.3 Å². The lowest BCUT2D eigenvalue weighted by Gasteiger charge is -2.07. The van der Waals surface area contributed by atoms with E-state index in [2.05, 4.69) is 30.3 Å². The Morgan fingerprint density at radius 2 is 1.97 bits per heavy atom. The van der Waals surface area contributed by atoms with Crippen LogP contribution >= 0.6 is 0 Å². The number of aromatic amines is 2. The maximum Gasteiger partial charge on any atom is 0.283 e. The summed E-state index contributed by atoms with van der Waals surface area (Å²) in [6.45, 7) is 2.03. The predicted octanol–water partition coefficient (Wildman–Crippen LogP) is 2.97. The second kappa shape index (κ2) is 7.69. The number of nitrogens with one attached hydrogen (secondary N) is 2. The Bertz CT molecular complexity index is 1370. The molecule has 0 fully saturated rings. The van der Waals surface area contributed by atoms with Crippen molar-refractivity contribution >= 4 is 17.3 Å². The third kappa shape index (κ3) is 3.27. The Hall–Kier alpha value is -4.77. The van der Waals surface area contributed by atoms with Crippen LogP contribution in [0.1, 0.15) is 18.3 Å². The molecule has 0 saturated heterocycles. The average Bonchev–Trinajstić information content (AvgIpc) is 3.37. The first-order valence-corrected chi connectivity index (χ1v) is 8.80. The van der Waals surface area contributed by atoms with Crippen LogP contribution in [0.3, 0.4) is 0 Å². The van der Waals surface area contributed by atoms with Crippen molar-refractivity contribution in [3.8, 4) is 29.3 Å². The van der Waals surface area contributed by atoms with Crippen LogP contribution in [0.15, 0.2) is 51.4 Å². The lowest BCUT2D eigenvalue weighted by atomic mass is 10.2. The van der Waals surface area contributed by atoms with Gasteiger partial charge in [0.2, 0.25) is 11.6 Å².